The summed E-state index contributed by atoms with van der Waals surface area (Å²) in [4.78, 5) is 18.7. The highest BCUT2D eigenvalue weighted by molar-refractivity contribution is 6.00. The number of benzene rings is 4. The van der Waals surface area contributed by atoms with Crippen molar-refractivity contribution in [3.8, 4) is 67.5 Å². The number of fused-ring (bicyclic) bond motifs is 10. The lowest BCUT2D eigenvalue weighted by Gasteiger charge is -2.15. The third-order valence-electron chi connectivity index (χ3n) is 12.8. The Morgan fingerprint density at radius 1 is 0.270 bits per heavy atom. The summed E-state index contributed by atoms with van der Waals surface area (Å²) in [5.74, 6) is 2.39. The van der Waals surface area contributed by atoms with E-state index in [1.165, 1.54) is 0 Å². The molecule has 0 amide bonds. The first-order valence-corrected chi connectivity index (χ1v) is 25.3. The number of H-pyrrole nitrogens is 2. The van der Waals surface area contributed by atoms with Gasteiger partial charge in [0.2, 0.25) is 0 Å². The maximum absolute atomic E-state index is 6.43. The minimum atomic E-state index is 0.324. The van der Waals surface area contributed by atoms with E-state index in [2.05, 4.69) is 94.9 Å². The number of aromatic nitrogens is 4. The van der Waals surface area contributed by atoms with Gasteiger partial charge < -0.3 is 57.3 Å². The highest BCUT2D eigenvalue weighted by Gasteiger charge is 2.21. The van der Waals surface area contributed by atoms with Gasteiger partial charge in [-0.3, -0.25) is 0 Å². The van der Waals surface area contributed by atoms with E-state index in [0.29, 0.717) is 129 Å². The van der Waals surface area contributed by atoms with Crippen LogP contribution in [0.15, 0.2) is 121 Å². The van der Waals surface area contributed by atoms with Gasteiger partial charge in [-0.1, -0.05) is 72.8 Å². The molecule has 4 aliphatic rings. The molecule has 0 spiro atoms. The SMILES string of the molecule is C1=Cc2nc1c(-c1ccccc1)c1ccc([nH]1)c(-c1ccc3c(c1)OCCOCCOCCOCCO3)c1nc(c(-c3ccccc3)c3ccc([nH]3)c2-c2ccc3c(c2)OCCOCCOCCOCCO3)C=C1. The molecule has 74 heavy (non-hydrogen) atoms. The summed E-state index contributed by atoms with van der Waals surface area (Å²) in [5.41, 5.74) is 14.0. The van der Waals surface area contributed by atoms with E-state index in [-0.39, 0.29) is 0 Å². The molecule has 7 heterocycles. The van der Waals surface area contributed by atoms with Crippen molar-refractivity contribution in [2.45, 2.75) is 0 Å². The Kier molecular flexibility index (Phi) is 15.8. The summed E-state index contributed by atoms with van der Waals surface area (Å²) < 4.78 is 59.8. The minimum Gasteiger partial charge on any atom is -0.487 e. The summed E-state index contributed by atoms with van der Waals surface area (Å²) in [6.45, 7) is 6.79. The summed E-state index contributed by atoms with van der Waals surface area (Å²) in [7, 11) is 0. The standard InChI is InChI=1S/C60H58N4O10/c1-3-7-41(8-4-1)57-45-13-17-49(61-45)59(43-11-21-53-55(39-43)73-37-33-69-29-25-65-23-27-67-31-35-71-53)51-19-15-47(63-51)58(42-9-5-2-6-10-42)48-16-20-52(64-48)60(50-18-14-46(57)62-50)44-12-22-54-56(40-44)74-38-34-70-30-26-66-24-28-68-32-36-72-54/h1-22,39-40,61,64H,23-38H2. The lowest BCUT2D eigenvalue weighted by Crippen LogP contribution is -2.13. The molecule has 4 aliphatic heterocycles. The van der Waals surface area contributed by atoms with Crippen molar-refractivity contribution in [2.24, 2.45) is 0 Å². The fraction of sp³-hybridized carbons (Fsp3) is 0.267. The van der Waals surface area contributed by atoms with Crippen molar-refractivity contribution in [1.82, 2.24) is 19.9 Å². The highest BCUT2D eigenvalue weighted by Crippen LogP contribution is 2.42. The molecular weight excluding hydrogens is 937 g/mol. The summed E-state index contributed by atoms with van der Waals surface area (Å²) in [6.07, 6.45) is 8.36. The van der Waals surface area contributed by atoms with E-state index in [0.717, 1.165) is 89.4 Å². The van der Waals surface area contributed by atoms with E-state index in [9.17, 15) is 0 Å². The molecule has 2 N–H and O–H groups in total. The first kappa shape index (κ1) is 48.7. The van der Waals surface area contributed by atoms with Crippen molar-refractivity contribution in [3.63, 3.8) is 0 Å². The quantitative estimate of drug-likeness (QED) is 0.173. The van der Waals surface area contributed by atoms with Gasteiger partial charge in [-0.2, -0.15) is 0 Å². The Bertz CT molecular complexity index is 3060. The second-order valence-electron chi connectivity index (χ2n) is 17.6. The predicted molar refractivity (Wildman–Crippen MR) is 287 cm³/mol. The van der Waals surface area contributed by atoms with Gasteiger partial charge in [0.05, 0.1) is 102 Å². The number of hydrogen-bond donors (Lipinski definition) is 2. The zero-order chi connectivity index (χ0) is 49.7. The molecule has 378 valence electrons. The lowest BCUT2D eigenvalue weighted by molar-refractivity contribution is 0.00708. The van der Waals surface area contributed by atoms with Crippen LogP contribution in [0.3, 0.4) is 0 Å². The van der Waals surface area contributed by atoms with Crippen LogP contribution in [-0.4, -0.2) is 126 Å². The van der Waals surface area contributed by atoms with Gasteiger partial charge in [0.15, 0.2) is 23.0 Å². The Balaban J connectivity index is 1.12. The van der Waals surface area contributed by atoms with Crippen LogP contribution in [0.5, 0.6) is 23.0 Å². The van der Waals surface area contributed by atoms with Crippen LogP contribution in [-0.2, 0) is 28.4 Å². The van der Waals surface area contributed by atoms with Crippen molar-refractivity contribution < 1.29 is 47.4 Å². The monoisotopic (exact) mass is 994 g/mol. The van der Waals surface area contributed by atoms with Crippen molar-refractivity contribution in [2.75, 3.05) is 106 Å². The number of rotatable bonds is 4. The lowest BCUT2D eigenvalue weighted by atomic mass is 10.0. The molecule has 0 atom stereocenters. The van der Waals surface area contributed by atoms with Gasteiger partial charge in [-0.05, 0) is 95.1 Å². The fourth-order valence-corrected chi connectivity index (χ4v) is 9.35. The molecule has 0 aliphatic carbocycles. The number of nitrogens with zero attached hydrogens (tertiary/aromatic N) is 2. The van der Waals surface area contributed by atoms with Gasteiger partial charge in [0.25, 0.3) is 0 Å². The summed E-state index contributed by atoms with van der Waals surface area (Å²) in [5, 5.41) is 0. The first-order valence-electron chi connectivity index (χ1n) is 25.3. The molecule has 14 heteroatoms. The smallest absolute Gasteiger partial charge is 0.161 e. The number of hydrogen-bond acceptors (Lipinski definition) is 12. The van der Waals surface area contributed by atoms with Gasteiger partial charge in [-0.25, -0.2) is 9.97 Å². The number of ether oxygens (including phenoxy) is 10. The fourth-order valence-electron chi connectivity index (χ4n) is 9.35. The van der Waals surface area contributed by atoms with E-state index in [4.69, 9.17) is 57.3 Å². The second kappa shape index (κ2) is 24.0. The van der Waals surface area contributed by atoms with Gasteiger partial charge in [-0.15, -0.1) is 0 Å². The molecule has 0 fully saturated rings. The average molecular weight is 995 g/mol. The highest BCUT2D eigenvalue weighted by atomic mass is 16.6. The zero-order valence-corrected chi connectivity index (χ0v) is 41.1. The van der Waals surface area contributed by atoms with Crippen LogP contribution in [0.4, 0.5) is 0 Å². The third kappa shape index (κ3) is 11.5. The molecule has 3 aromatic heterocycles. The molecule has 0 unspecified atom stereocenters. The molecule has 0 saturated heterocycles. The number of nitrogens with one attached hydrogen (secondary N) is 2. The van der Waals surface area contributed by atoms with Gasteiger partial charge in [0.1, 0.15) is 26.4 Å². The van der Waals surface area contributed by atoms with E-state index in [1.54, 1.807) is 0 Å². The molecule has 0 radical (unpaired) electrons. The third-order valence-corrected chi connectivity index (χ3v) is 12.8. The minimum absolute atomic E-state index is 0.324. The predicted octanol–water partition coefficient (Wildman–Crippen LogP) is 11.0. The van der Waals surface area contributed by atoms with Gasteiger partial charge in [0, 0.05) is 44.3 Å². The van der Waals surface area contributed by atoms with E-state index >= 15 is 0 Å². The average Bonchev–Trinajstić information content (AvgIpc) is 4.30. The van der Waals surface area contributed by atoms with Crippen LogP contribution in [0.25, 0.3) is 90.9 Å². The largest absolute Gasteiger partial charge is 0.487 e. The van der Waals surface area contributed by atoms with Crippen LogP contribution < -0.4 is 18.9 Å². The molecular formula is C60H58N4O10. The number of aromatic amines is 2. The maximum Gasteiger partial charge on any atom is 0.161 e. The van der Waals surface area contributed by atoms with Gasteiger partial charge >= 0.3 is 0 Å². The van der Waals surface area contributed by atoms with Crippen LogP contribution in [0.2, 0.25) is 0 Å². The van der Waals surface area contributed by atoms with Crippen LogP contribution >= 0.6 is 0 Å². The van der Waals surface area contributed by atoms with Crippen LogP contribution in [0, 0.1) is 0 Å². The Morgan fingerprint density at radius 3 is 0.878 bits per heavy atom. The normalized spacial score (nSPS) is 16.3. The molecule has 7 aromatic rings. The van der Waals surface area contributed by atoms with Crippen molar-refractivity contribution >= 4 is 46.4 Å². The van der Waals surface area contributed by atoms with Crippen molar-refractivity contribution in [3.05, 3.63) is 144 Å². The molecule has 0 saturated carbocycles. The topological polar surface area (TPSA) is 150 Å². The molecule has 11 rings (SSSR count). The summed E-state index contributed by atoms with van der Waals surface area (Å²) in [6, 6.07) is 41.3. The molecule has 8 bridgehead atoms. The Hall–Kier alpha value is -7.56. The Labute approximate surface area is 429 Å². The molecule has 4 aromatic carbocycles. The molecule has 14 nitrogen and oxygen atoms in total. The summed E-state index contributed by atoms with van der Waals surface area (Å²) >= 11 is 0. The Morgan fingerprint density at radius 2 is 0.554 bits per heavy atom. The van der Waals surface area contributed by atoms with E-state index < -0.39 is 0 Å². The van der Waals surface area contributed by atoms with Crippen molar-refractivity contribution in [1.29, 1.82) is 0 Å². The van der Waals surface area contributed by atoms with Crippen LogP contribution in [0.1, 0.15) is 22.8 Å². The zero-order valence-electron chi connectivity index (χ0n) is 41.1. The first-order chi connectivity index (χ1) is 36.7. The van der Waals surface area contributed by atoms with E-state index in [1.807, 2.05) is 60.7 Å². The maximum atomic E-state index is 6.43. The second-order valence-corrected chi connectivity index (χ2v) is 17.6.